The molecule has 0 aliphatic carbocycles. The molecule has 0 unspecified atom stereocenters. The molecule has 0 saturated heterocycles. The Labute approximate surface area is 137 Å². The van der Waals surface area contributed by atoms with Gasteiger partial charge in [0.25, 0.3) is 0 Å². The van der Waals surface area contributed by atoms with Crippen LogP contribution in [0.5, 0.6) is 0 Å². The van der Waals surface area contributed by atoms with E-state index in [1.54, 1.807) is 25.3 Å². The molecular weight excluding hydrogens is 316 g/mol. The van der Waals surface area contributed by atoms with E-state index in [0.29, 0.717) is 16.8 Å². The lowest BCUT2D eigenvalue weighted by atomic mass is 10.2. The van der Waals surface area contributed by atoms with E-state index >= 15 is 0 Å². The first kappa shape index (κ1) is 15.2. The third kappa shape index (κ3) is 3.57. The molecule has 3 rings (SSSR count). The molecule has 0 aliphatic rings. The summed E-state index contributed by atoms with van der Waals surface area (Å²) in [4.78, 5) is 20.3. The fraction of sp³-hybridized carbons (Fsp3) is 0.118. The first-order valence-electron chi connectivity index (χ1n) is 6.94. The third-order valence-electron chi connectivity index (χ3n) is 3.17. The molecule has 0 fully saturated rings. The Balaban J connectivity index is 1.72. The second-order valence-corrected chi connectivity index (χ2v) is 5.24. The maximum absolute atomic E-state index is 12.2. The molecule has 0 N–H and O–H groups in total. The Morgan fingerprint density at radius 2 is 2.00 bits per heavy atom. The molecule has 0 radical (unpaired) electrons. The zero-order chi connectivity index (χ0) is 16.2. The van der Waals surface area contributed by atoms with Crippen LogP contribution in [0.15, 0.2) is 53.1 Å². The summed E-state index contributed by atoms with van der Waals surface area (Å²) < 4.78 is 10.8. The van der Waals surface area contributed by atoms with Gasteiger partial charge in [-0.3, -0.25) is 0 Å². The van der Waals surface area contributed by atoms with Crippen LogP contribution in [0.25, 0.3) is 11.5 Å². The molecular formula is C17H13ClN2O3. The smallest absolute Gasteiger partial charge is 0.360 e. The molecule has 116 valence electrons. The van der Waals surface area contributed by atoms with Crippen molar-refractivity contribution in [3.05, 3.63) is 70.8 Å². The van der Waals surface area contributed by atoms with Crippen molar-refractivity contribution in [2.24, 2.45) is 0 Å². The van der Waals surface area contributed by atoms with Crippen LogP contribution in [0.4, 0.5) is 0 Å². The van der Waals surface area contributed by atoms with Crippen molar-refractivity contribution >= 4 is 17.6 Å². The average Bonchev–Trinajstić information content (AvgIpc) is 2.97. The molecule has 23 heavy (non-hydrogen) atoms. The second kappa shape index (κ2) is 6.62. The van der Waals surface area contributed by atoms with Gasteiger partial charge in [-0.1, -0.05) is 35.9 Å². The van der Waals surface area contributed by atoms with Crippen molar-refractivity contribution < 1.29 is 13.9 Å². The summed E-state index contributed by atoms with van der Waals surface area (Å²) in [5, 5.41) is 0.389. The Morgan fingerprint density at radius 1 is 1.22 bits per heavy atom. The molecule has 5 nitrogen and oxygen atoms in total. The van der Waals surface area contributed by atoms with E-state index in [0.717, 1.165) is 11.1 Å². The molecule has 0 saturated carbocycles. The number of aromatic nitrogens is 2. The van der Waals surface area contributed by atoms with E-state index in [4.69, 9.17) is 20.8 Å². The number of oxazole rings is 1. The fourth-order valence-electron chi connectivity index (χ4n) is 2.00. The number of nitrogens with zero attached hydrogens (tertiary/aromatic N) is 2. The van der Waals surface area contributed by atoms with Crippen LogP contribution in [-0.4, -0.2) is 15.9 Å². The lowest BCUT2D eigenvalue weighted by Gasteiger charge is -2.02. The summed E-state index contributed by atoms with van der Waals surface area (Å²) in [6.45, 7) is 1.77. The quantitative estimate of drug-likeness (QED) is 0.534. The first-order valence-corrected chi connectivity index (χ1v) is 7.31. The number of pyridine rings is 1. The Kier molecular flexibility index (Phi) is 4.39. The zero-order valence-corrected chi connectivity index (χ0v) is 13.1. The van der Waals surface area contributed by atoms with E-state index in [2.05, 4.69) is 9.97 Å². The van der Waals surface area contributed by atoms with Crippen LogP contribution in [0.3, 0.4) is 0 Å². The number of hydrogen-bond donors (Lipinski definition) is 0. The Morgan fingerprint density at radius 3 is 2.70 bits per heavy atom. The topological polar surface area (TPSA) is 65.2 Å². The number of benzene rings is 1. The predicted octanol–water partition coefficient (Wildman–Crippen LogP) is 4.06. The van der Waals surface area contributed by atoms with E-state index in [1.807, 2.05) is 30.3 Å². The number of aryl methyl sites for hydroxylation is 1. The molecule has 0 aliphatic heterocycles. The Bertz CT molecular complexity index is 814. The minimum atomic E-state index is -0.539. The average molecular weight is 329 g/mol. The highest BCUT2D eigenvalue weighted by molar-refractivity contribution is 6.29. The molecule has 0 spiro atoms. The van der Waals surface area contributed by atoms with Crippen LogP contribution in [0.2, 0.25) is 5.15 Å². The molecule has 3 aromatic rings. The van der Waals surface area contributed by atoms with Gasteiger partial charge in [0.1, 0.15) is 17.5 Å². The molecule has 0 bridgehead atoms. The number of hydrogen-bond acceptors (Lipinski definition) is 5. The number of rotatable bonds is 4. The van der Waals surface area contributed by atoms with Crippen molar-refractivity contribution in [3.8, 4) is 11.5 Å². The lowest BCUT2D eigenvalue weighted by molar-refractivity contribution is 0.0464. The highest BCUT2D eigenvalue weighted by Gasteiger charge is 2.19. The molecule has 2 heterocycles. The van der Waals surface area contributed by atoms with Crippen LogP contribution in [0.1, 0.15) is 21.8 Å². The van der Waals surface area contributed by atoms with E-state index in [1.165, 1.54) is 0 Å². The second-order valence-electron chi connectivity index (χ2n) is 4.86. The molecule has 2 aromatic heterocycles. The normalized spacial score (nSPS) is 10.5. The maximum Gasteiger partial charge on any atom is 0.360 e. The first-order chi connectivity index (χ1) is 11.1. The van der Waals surface area contributed by atoms with E-state index < -0.39 is 5.97 Å². The van der Waals surface area contributed by atoms with Gasteiger partial charge in [-0.2, -0.15) is 0 Å². The summed E-state index contributed by atoms with van der Waals surface area (Å²) >= 11 is 5.71. The third-order valence-corrected chi connectivity index (χ3v) is 3.39. The standard InChI is InChI=1S/C17H13ClN2O3/c1-11-15(20-16(23-11)13-5-3-2-4-6-13)17(21)22-10-12-7-8-14(18)19-9-12/h2-9H,10H2,1H3. The summed E-state index contributed by atoms with van der Waals surface area (Å²) in [5.74, 6) is 0.273. The lowest BCUT2D eigenvalue weighted by Crippen LogP contribution is -2.07. The maximum atomic E-state index is 12.2. The van der Waals surface area contributed by atoms with Gasteiger partial charge >= 0.3 is 5.97 Å². The van der Waals surface area contributed by atoms with Crippen LogP contribution < -0.4 is 0 Å². The van der Waals surface area contributed by atoms with Crippen LogP contribution >= 0.6 is 11.6 Å². The minimum Gasteiger partial charge on any atom is -0.456 e. The molecule has 0 atom stereocenters. The summed E-state index contributed by atoms with van der Waals surface area (Å²) in [6.07, 6.45) is 1.56. The van der Waals surface area contributed by atoms with E-state index in [-0.39, 0.29) is 12.3 Å². The van der Waals surface area contributed by atoms with Crippen molar-refractivity contribution in [1.29, 1.82) is 0 Å². The van der Waals surface area contributed by atoms with Crippen molar-refractivity contribution in [3.63, 3.8) is 0 Å². The van der Waals surface area contributed by atoms with Gasteiger partial charge in [0, 0.05) is 17.3 Å². The number of ether oxygens (including phenoxy) is 1. The van der Waals surface area contributed by atoms with Crippen molar-refractivity contribution in [2.45, 2.75) is 13.5 Å². The minimum absolute atomic E-state index is 0.0932. The molecule has 6 heteroatoms. The number of esters is 1. The van der Waals surface area contributed by atoms with Gasteiger partial charge in [-0.15, -0.1) is 0 Å². The van der Waals surface area contributed by atoms with Gasteiger partial charge in [0.05, 0.1) is 0 Å². The van der Waals surface area contributed by atoms with Gasteiger partial charge in [-0.25, -0.2) is 14.8 Å². The molecule has 1 aromatic carbocycles. The summed E-state index contributed by atoms with van der Waals surface area (Å²) in [6, 6.07) is 12.8. The number of carbonyl (C=O) groups excluding carboxylic acids is 1. The van der Waals surface area contributed by atoms with Gasteiger partial charge in [0.2, 0.25) is 5.89 Å². The van der Waals surface area contributed by atoms with Gasteiger partial charge in [-0.05, 0) is 25.1 Å². The summed E-state index contributed by atoms with van der Waals surface area (Å²) in [7, 11) is 0. The highest BCUT2D eigenvalue weighted by atomic mass is 35.5. The van der Waals surface area contributed by atoms with Crippen LogP contribution in [-0.2, 0) is 11.3 Å². The largest absolute Gasteiger partial charge is 0.456 e. The van der Waals surface area contributed by atoms with Gasteiger partial charge < -0.3 is 9.15 Å². The zero-order valence-electron chi connectivity index (χ0n) is 12.3. The Hall–Kier alpha value is -2.66. The number of carbonyl (C=O) groups is 1. The highest BCUT2D eigenvalue weighted by Crippen LogP contribution is 2.22. The van der Waals surface area contributed by atoms with E-state index in [9.17, 15) is 4.79 Å². The van der Waals surface area contributed by atoms with Gasteiger partial charge in [0.15, 0.2) is 5.69 Å². The van der Waals surface area contributed by atoms with Crippen molar-refractivity contribution in [2.75, 3.05) is 0 Å². The summed E-state index contributed by atoms with van der Waals surface area (Å²) in [5.41, 5.74) is 1.72. The number of halogens is 1. The monoisotopic (exact) mass is 328 g/mol. The molecule has 0 amide bonds. The van der Waals surface area contributed by atoms with Crippen LogP contribution in [0, 0.1) is 6.92 Å². The van der Waals surface area contributed by atoms with Crippen molar-refractivity contribution in [1.82, 2.24) is 9.97 Å². The fourth-order valence-corrected chi connectivity index (χ4v) is 2.11. The predicted molar refractivity (Wildman–Crippen MR) is 85.0 cm³/mol. The SMILES string of the molecule is Cc1oc(-c2ccccc2)nc1C(=O)OCc1ccc(Cl)nc1.